The predicted octanol–water partition coefficient (Wildman–Crippen LogP) is 11.0. The lowest BCUT2D eigenvalue weighted by atomic mass is 9.88. The molecule has 4 aromatic heterocycles. The summed E-state index contributed by atoms with van der Waals surface area (Å²) in [6.45, 7) is 0. The molecule has 0 unspecified atom stereocenters. The highest BCUT2D eigenvalue weighted by Crippen LogP contribution is 2.45. The van der Waals surface area contributed by atoms with Gasteiger partial charge in [-0.25, -0.2) is 9.97 Å². The van der Waals surface area contributed by atoms with Gasteiger partial charge in [-0.05, 0) is 110 Å². The Morgan fingerprint density at radius 1 is 0.458 bits per heavy atom. The van der Waals surface area contributed by atoms with Gasteiger partial charge in [0.05, 0.1) is 16.6 Å². The van der Waals surface area contributed by atoms with E-state index in [9.17, 15) is 0 Å². The summed E-state index contributed by atoms with van der Waals surface area (Å²) in [5, 5.41) is 8.69. The van der Waals surface area contributed by atoms with E-state index < -0.39 is 0 Å². The zero-order valence-corrected chi connectivity index (χ0v) is 25.8. The molecule has 0 aliphatic heterocycles. The van der Waals surface area contributed by atoms with Crippen LogP contribution in [0.5, 0.6) is 0 Å². The van der Waals surface area contributed by atoms with Crippen molar-refractivity contribution in [3.63, 3.8) is 0 Å². The number of rotatable bonds is 5. The van der Waals surface area contributed by atoms with Crippen molar-refractivity contribution in [2.75, 3.05) is 4.90 Å². The van der Waals surface area contributed by atoms with Crippen LogP contribution in [0.25, 0.3) is 71.1 Å². The molecule has 0 radical (unpaired) electrons. The number of anilines is 3. The fraction of sp³-hybridized carbons (Fsp3) is 0. The minimum Gasteiger partial charge on any atom is -0.308 e. The van der Waals surface area contributed by atoms with Gasteiger partial charge in [0.2, 0.25) is 0 Å². The summed E-state index contributed by atoms with van der Waals surface area (Å²) in [6, 6.07) is 51.4. The first-order valence-electron chi connectivity index (χ1n) is 16.1. The minimum absolute atomic E-state index is 0.820. The second kappa shape index (κ2) is 10.5. The summed E-state index contributed by atoms with van der Waals surface area (Å²) in [7, 11) is 0. The summed E-state index contributed by atoms with van der Waals surface area (Å²) in [5.74, 6) is 1.64. The maximum atomic E-state index is 4.94. The van der Waals surface area contributed by atoms with Crippen LogP contribution in [0.1, 0.15) is 0 Å². The SMILES string of the molecule is c1ccc(-n2c3cccnc3c3c4ccc5ccc(-c6ccc(N(c7ccccn7)c7ccccn7)cc6)c6ccc(cc32)c4c56)cc1. The fourth-order valence-corrected chi connectivity index (χ4v) is 7.44. The summed E-state index contributed by atoms with van der Waals surface area (Å²) < 4.78 is 2.35. The normalized spacial score (nSPS) is 11.8. The van der Waals surface area contributed by atoms with Gasteiger partial charge in [-0.1, -0.05) is 78.9 Å². The lowest BCUT2D eigenvalue weighted by Gasteiger charge is -2.23. The average molecular weight is 614 g/mol. The van der Waals surface area contributed by atoms with Crippen molar-refractivity contribution in [3.05, 3.63) is 164 Å². The third kappa shape index (κ3) is 3.94. The van der Waals surface area contributed by atoms with E-state index in [0.29, 0.717) is 0 Å². The van der Waals surface area contributed by atoms with Gasteiger partial charge in [0.25, 0.3) is 0 Å². The second-order valence-electron chi connectivity index (χ2n) is 12.1. The van der Waals surface area contributed by atoms with Crippen molar-refractivity contribution in [2.45, 2.75) is 0 Å². The second-order valence-corrected chi connectivity index (χ2v) is 12.1. The number of pyridine rings is 3. The van der Waals surface area contributed by atoms with Gasteiger partial charge in [0.15, 0.2) is 0 Å². The van der Waals surface area contributed by atoms with Crippen LogP contribution in [0.3, 0.4) is 0 Å². The van der Waals surface area contributed by atoms with Crippen LogP contribution in [-0.2, 0) is 0 Å². The quantitative estimate of drug-likeness (QED) is 0.181. The molecule has 0 fully saturated rings. The maximum absolute atomic E-state index is 4.94. The summed E-state index contributed by atoms with van der Waals surface area (Å²) in [4.78, 5) is 16.3. The Bertz CT molecular complexity index is 2720. The van der Waals surface area contributed by atoms with Crippen molar-refractivity contribution in [1.82, 2.24) is 19.5 Å². The summed E-state index contributed by atoms with van der Waals surface area (Å²) in [5.41, 5.74) is 7.80. The van der Waals surface area contributed by atoms with Crippen molar-refractivity contribution in [3.8, 4) is 16.8 Å². The van der Waals surface area contributed by atoms with Gasteiger partial charge in [-0.3, -0.25) is 9.88 Å². The molecule has 0 spiro atoms. The number of fused-ring (bicyclic) bond motifs is 4. The highest BCUT2D eigenvalue weighted by molar-refractivity contribution is 6.33. The smallest absolute Gasteiger partial charge is 0.138 e. The van der Waals surface area contributed by atoms with E-state index in [1.54, 1.807) is 0 Å². The zero-order valence-electron chi connectivity index (χ0n) is 25.8. The third-order valence-corrected chi connectivity index (χ3v) is 9.48. The van der Waals surface area contributed by atoms with Crippen molar-refractivity contribution < 1.29 is 0 Å². The lowest BCUT2D eigenvalue weighted by Crippen LogP contribution is -2.12. The number of benzene rings is 6. The molecule has 0 saturated heterocycles. The van der Waals surface area contributed by atoms with E-state index in [-0.39, 0.29) is 0 Å². The first-order chi connectivity index (χ1) is 23.8. The van der Waals surface area contributed by atoms with E-state index in [1.807, 2.05) is 61.1 Å². The number of aromatic nitrogens is 4. The van der Waals surface area contributed by atoms with Crippen LogP contribution in [0.4, 0.5) is 17.3 Å². The Hall–Kier alpha value is -6.59. The van der Waals surface area contributed by atoms with Gasteiger partial charge < -0.3 is 4.57 Å². The Morgan fingerprint density at radius 3 is 1.88 bits per heavy atom. The van der Waals surface area contributed by atoms with Gasteiger partial charge >= 0.3 is 0 Å². The molecule has 0 atom stereocenters. The highest BCUT2D eigenvalue weighted by Gasteiger charge is 2.20. The van der Waals surface area contributed by atoms with Crippen molar-refractivity contribution in [1.29, 1.82) is 0 Å². The molecule has 224 valence electrons. The number of hydrogen-bond donors (Lipinski definition) is 0. The van der Waals surface area contributed by atoms with Gasteiger partial charge in [0.1, 0.15) is 11.6 Å². The van der Waals surface area contributed by atoms with Crippen LogP contribution < -0.4 is 4.90 Å². The van der Waals surface area contributed by atoms with Gasteiger partial charge in [-0.2, -0.15) is 0 Å². The minimum atomic E-state index is 0.820. The van der Waals surface area contributed by atoms with Crippen LogP contribution >= 0.6 is 0 Å². The lowest BCUT2D eigenvalue weighted by molar-refractivity contribution is 1.13. The van der Waals surface area contributed by atoms with Crippen LogP contribution in [0.15, 0.2) is 164 Å². The van der Waals surface area contributed by atoms with Gasteiger partial charge in [-0.15, -0.1) is 0 Å². The molecule has 5 nitrogen and oxygen atoms in total. The third-order valence-electron chi connectivity index (χ3n) is 9.48. The van der Waals surface area contributed by atoms with E-state index in [0.717, 1.165) is 39.6 Å². The first kappa shape index (κ1) is 26.6. The molecule has 0 aliphatic carbocycles. The maximum Gasteiger partial charge on any atom is 0.138 e. The fourth-order valence-electron chi connectivity index (χ4n) is 7.44. The molecule has 5 heteroatoms. The molecule has 4 heterocycles. The molecule has 0 bridgehead atoms. The molecule has 48 heavy (non-hydrogen) atoms. The topological polar surface area (TPSA) is 46.8 Å². The largest absolute Gasteiger partial charge is 0.308 e. The highest BCUT2D eigenvalue weighted by atomic mass is 15.2. The Balaban J connectivity index is 1.17. The monoisotopic (exact) mass is 613 g/mol. The van der Waals surface area contributed by atoms with Crippen LogP contribution in [0.2, 0.25) is 0 Å². The standard InChI is InChI=1S/C43H27N5/c1-2-9-31(10-3-1)47-36-11-8-26-46-43(36)42-35-23-17-29-16-21-33(34-22-18-30(27-37(42)47)41(35)40(29)34)28-14-19-32(20-15-28)48(38-12-4-6-24-44-38)39-13-5-7-25-45-39/h1-27H. The van der Waals surface area contributed by atoms with Gasteiger partial charge in [0, 0.05) is 35.4 Å². The summed E-state index contributed by atoms with van der Waals surface area (Å²) >= 11 is 0. The molecule has 0 amide bonds. The van der Waals surface area contributed by atoms with E-state index in [4.69, 9.17) is 4.98 Å². The number of nitrogens with zero attached hydrogens (tertiary/aromatic N) is 5. The Kier molecular flexibility index (Phi) is 5.81. The van der Waals surface area contributed by atoms with Crippen molar-refractivity contribution >= 4 is 71.6 Å². The van der Waals surface area contributed by atoms with Crippen molar-refractivity contribution in [2.24, 2.45) is 0 Å². The molecule has 0 aliphatic rings. The number of hydrogen-bond acceptors (Lipinski definition) is 4. The zero-order chi connectivity index (χ0) is 31.6. The molecule has 0 saturated carbocycles. The Labute approximate surface area is 276 Å². The molecule has 10 aromatic rings. The van der Waals surface area contributed by atoms with Crippen LogP contribution in [0, 0.1) is 0 Å². The number of para-hydroxylation sites is 1. The molecule has 10 rings (SSSR count). The molecule has 6 aromatic carbocycles. The van der Waals surface area contributed by atoms with Crippen LogP contribution in [-0.4, -0.2) is 19.5 Å². The molecule has 0 N–H and O–H groups in total. The molecular weight excluding hydrogens is 587 g/mol. The van der Waals surface area contributed by atoms with E-state index >= 15 is 0 Å². The Morgan fingerprint density at radius 2 is 1.12 bits per heavy atom. The average Bonchev–Trinajstić information content (AvgIpc) is 3.49. The first-order valence-corrected chi connectivity index (χ1v) is 16.1. The predicted molar refractivity (Wildman–Crippen MR) is 198 cm³/mol. The molecular formula is C43H27N5. The van der Waals surface area contributed by atoms with E-state index in [1.165, 1.54) is 48.8 Å². The van der Waals surface area contributed by atoms with E-state index in [2.05, 4.69) is 123 Å². The summed E-state index contributed by atoms with van der Waals surface area (Å²) in [6.07, 6.45) is 5.53.